The Morgan fingerprint density at radius 3 is 1.86 bits per heavy atom. The van der Waals surface area contributed by atoms with Crippen LogP contribution in [0.15, 0.2) is 140 Å². The van der Waals surface area contributed by atoms with Crippen molar-refractivity contribution in [3.63, 3.8) is 0 Å². The Bertz CT molecular complexity index is 1700. The van der Waals surface area contributed by atoms with E-state index < -0.39 is 0 Å². The van der Waals surface area contributed by atoms with Gasteiger partial charge in [0.1, 0.15) is 0 Å². The number of aryl methyl sites for hydroxylation is 2. The van der Waals surface area contributed by atoms with E-state index in [4.69, 9.17) is 0 Å². The van der Waals surface area contributed by atoms with Crippen molar-refractivity contribution >= 4 is 11.8 Å². The van der Waals surface area contributed by atoms with Crippen LogP contribution in [-0.2, 0) is 11.8 Å². The zero-order valence-electron chi connectivity index (χ0n) is 31.2. The third kappa shape index (κ3) is 12.7. The molecular formula is C47H58N2. The molecule has 0 saturated carbocycles. The Labute approximate surface area is 298 Å². The fourth-order valence-electron chi connectivity index (χ4n) is 5.49. The molecule has 0 amide bonds. The van der Waals surface area contributed by atoms with Gasteiger partial charge in [-0.3, -0.25) is 0 Å². The molecule has 0 fully saturated rings. The lowest BCUT2D eigenvalue weighted by Gasteiger charge is -2.19. The number of allylic oxidation sites excluding steroid dienone is 1. The summed E-state index contributed by atoms with van der Waals surface area (Å²) >= 11 is 0. The maximum atomic E-state index is 4.26. The number of benzene rings is 5. The average molecular weight is 651 g/mol. The number of hydrogen-bond acceptors (Lipinski definition) is 2. The molecule has 0 saturated heterocycles. The fourth-order valence-corrected chi connectivity index (χ4v) is 5.49. The van der Waals surface area contributed by atoms with Crippen LogP contribution in [0.2, 0.25) is 0 Å². The standard InChI is InChI=1S/C27H29N.C16H18.C4H11N/c1-6-23-8-10-24(11-9-23)18-20(3)22(5)28-26-14-12-25(13-15-26)27-16-7-19(2)17-21(27)4;1-16(2,3)15-11-9-14(10-12-15)13-7-5-4-6-8-13;1-3-4-5-2/h6-17,20,28H,1,5,18H2,2-4H3;4-12H,1-3H3;5H,3-4H2,1-2H3. The summed E-state index contributed by atoms with van der Waals surface area (Å²) in [6.45, 7) is 24.6. The highest BCUT2D eigenvalue weighted by Crippen LogP contribution is 2.28. The molecule has 0 aliphatic rings. The molecule has 0 aliphatic heterocycles. The first kappa shape index (κ1) is 38.8. The van der Waals surface area contributed by atoms with Crippen LogP contribution >= 0.6 is 0 Å². The van der Waals surface area contributed by atoms with E-state index in [0.29, 0.717) is 5.92 Å². The molecule has 49 heavy (non-hydrogen) atoms. The second-order valence-electron chi connectivity index (χ2n) is 13.9. The molecule has 0 aromatic heterocycles. The predicted octanol–water partition coefficient (Wildman–Crippen LogP) is 12.7. The van der Waals surface area contributed by atoms with E-state index in [-0.39, 0.29) is 5.41 Å². The highest BCUT2D eigenvalue weighted by molar-refractivity contribution is 5.70. The van der Waals surface area contributed by atoms with E-state index >= 15 is 0 Å². The molecule has 2 N–H and O–H groups in total. The van der Waals surface area contributed by atoms with Crippen LogP contribution in [0.5, 0.6) is 0 Å². The van der Waals surface area contributed by atoms with Crippen molar-refractivity contribution in [3.8, 4) is 22.3 Å². The highest BCUT2D eigenvalue weighted by atomic mass is 14.9. The second-order valence-corrected chi connectivity index (χ2v) is 13.9. The summed E-state index contributed by atoms with van der Waals surface area (Å²) in [6, 6.07) is 43.1. The van der Waals surface area contributed by atoms with Crippen molar-refractivity contribution in [2.45, 2.75) is 66.7 Å². The summed E-state index contributed by atoms with van der Waals surface area (Å²) in [7, 11) is 1.96. The molecule has 5 rings (SSSR count). The van der Waals surface area contributed by atoms with Gasteiger partial charge in [0, 0.05) is 11.4 Å². The molecule has 0 spiro atoms. The minimum Gasteiger partial charge on any atom is -0.359 e. The van der Waals surface area contributed by atoms with Crippen LogP contribution in [0.1, 0.15) is 68.9 Å². The molecule has 0 bridgehead atoms. The minimum absolute atomic E-state index is 0.231. The lowest BCUT2D eigenvalue weighted by Crippen LogP contribution is -2.10. The lowest BCUT2D eigenvalue weighted by atomic mass is 9.86. The van der Waals surface area contributed by atoms with Crippen LogP contribution < -0.4 is 10.6 Å². The van der Waals surface area contributed by atoms with Gasteiger partial charge in [-0.1, -0.05) is 169 Å². The first-order chi connectivity index (χ1) is 23.4. The molecule has 0 radical (unpaired) electrons. The molecule has 1 atom stereocenters. The van der Waals surface area contributed by atoms with Gasteiger partial charge < -0.3 is 10.6 Å². The minimum atomic E-state index is 0.231. The van der Waals surface area contributed by atoms with E-state index in [1.54, 1.807) is 0 Å². The van der Waals surface area contributed by atoms with Crippen LogP contribution in [0.4, 0.5) is 5.69 Å². The van der Waals surface area contributed by atoms with Crippen molar-refractivity contribution in [3.05, 3.63) is 168 Å². The zero-order chi connectivity index (χ0) is 35.8. The van der Waals surface area contributed by atoms with E-state index in [9.17, 15) is 0 Å². The Kier molecular flexibility index (Phi) is 15.3. The average Bonchev–Trinajstić information content (AvgIpc) is 3.10. The maximum absolute atomic E-state index is 4.26. The monoisotopic (exact) mass is 650 g/mol. The number of nitrogens with one attached hydrogen (secondary N) is 2. The Hall–Kier alpha value is -4.66. The first-order valence-corrected chi connectivity index (χ1v) is 17.6. The Morgan fingerprint density at radius 2 is 1.35 bits per heavy atom. The molecule has 5 aromatic carbocycles. The summed E-state index contributed by atoms with van der Waals surface area (Å²) in [4.78, 5) is 0. The first-order valence-electron chi connectivity index (χ1n) is 17.6. The van der Waals surface area contributed by atoms with E-state index in [1.165, 1.54) is 50.9 Å². The van der Waals surface area contributed by atoms with Crippen LogP contribution in [0.25, 0.3) is 28.3 Å². The van der Waals surface area contributed by atoms with Crippen molar-refractivity contribution in [1.82, 2.24) is 5.32 Å². The van der Waals surface area contributed by atoms with Crippen molar-refractivity contribution < 1.29 is 0 Å². The van der Waals surface area contributed by atoms with Crippen LogP contribution in [0, 0.1) is 19.8 Å². The smallest absolute Gasteiger partial charge is 0.0382 e. The van der Waals surface area contributed by atoms with Gasteiger partial charge in [0.2, 0.25) is 0 Å². The van der Waals surface area contributed by atoms with Crippen molar-refractivity contribution in [2.24, 2.45) is 5.92 Å². The molecule has 2 nitrogen and oxygen atoms in total. The van der Waals surface area contributed by atoms with Crippen LogP contribution in [-0.4, -0.2) is 13.6 Å². The molecule has 0 aliphatic carbocycles. The summed E-state index contributed by atoms with van der Waals surface area (Å²) in [6.07, 6.45) is 4.07. The Balaban J connectivity index is 0.000000259. The van der Waals surface area contributed by atoms with Gasteiger partial charge in [0.15, 0.2) is 0 Å². The van der Waals surface area contributed by atoms with Gasteiger partial charge in [-0.2, -0.15) is 0 Å². The maximum Gasteiger partial charge on any atom is 0.0382 e. The topological polar surface area (TPSA) is 24.1 Å². The quantitative estimate of drug-likeness (QED) is 0.157. The molecule has 2 heteroatoms. The summed E-state index contributed by atoms with van der Waals surface area (Å²) < 4.78 is 0. The van der Waals surface area contributed by atoms with Gasteiger partial charge in [-0.05, 0) is 108 Å². The van der Waals surface area contributed by atoms with Gasteiger partial charge in [-0.25, -0.2) is 0 Å². The van der Waals surface area contributed by atoms with Crippen LogP contribution in [0.3, 0.4) is 0 Å². The highest BCUT2D eigenvalue weighted by Gasteiger charge is 2.13. The summed E-state index contributed by atoms with van der Waals surface area (Å²) in [5, 5.41) is 6.49. The number of rotatable bonds is 10. The molecule has 0 heterocycles. The molecular weight excluding hydrogens is 593 g/mol. The van der Waals surface area contributed by atoms with Crippen molar-refractivity contribution in [2.75, 3.05) is 18.9 Å². The van der Waals surface area contributed by atoms with Crippen molar-refractivity contribution in [1.29, 1.82) is 0 Å². The van der Waals surface area contributed by atoms with Gasteiger partial charge in [-0.15, -0.1) is 0 Å². The zero-order valence-corrected chi connectivity index (χ0v) is 31.2. The number of anilines is 1. The van der Waals surface area contributed by atoms with Gasteiger partial charge >= 0.3 is 0 Å². The van der Waals surface area contributed by atoms with Gasteiger partial charge in [0.05, 0.1) is 0 Å². The summed E-state index contributed by atoms with van der Waals surface area (Å²) in [5.74, 6) is 0.341. The largest absolute Gasteiger partial charge is 0.359 e. The number of hydrogen-bond donors (Lipinski definition) is 2. The SMILES string of the molecule is C=Cc1ccc(CC(C)C(=C)Nc2ccc(-c3ccc(C)cc3C)cc2)cc1.CC(C)(C)c1ccc(-c2ccccc2)cc1.CCCNC. The van der Waals surface area contributed by atoms with E-state index in [0.717, 1.165) is 29.9 Å². The molecule has 5 aromatic rings. The lowest BCUT2D eigenvalue weighted by molar-refractivity contribution is 0.590. The molecule has 256 valence electrons. The van der Waals surface area contributed by atoms with E-state index in [2.05, 4.69) is 188 Å². The normalized spacial score (nSPS) is 11.3. The summed E-state index contributed by atoms with van der Waals surface area (Å²) in [5.41, 5.74) is 13.9. The third-order valence-electron chi connectivity index (χ3n) is 8.59. The third-order valence-corrected chi connectivity index (χ3v) is 8.59. The Morgan fingerprint density at radius 1 is 0.755 bits per heavy atom. The van der Waals surface area contributed by atoms with E-state index in [1.807, 2.05) is 19.2 Å². The van der Waals surface area contributed by atoms with Gasteiger partial charge in [0.25, 0.3) is 0 Å². The fraction of sp³-hybridized carbons (Fsp3) is 0.277. The second kappa shape index (κ2) is 19.4. The molecule has 1 unspecified atom stereocenters. The predicted molar refractivity (Wildman–Crippen MR) is 218 cm³/mol.